The number of benzene rings is 1. The Morgan fingerprint density at radius 1 is 1.24 bits per heavy atom. The van der Waals surface area contributed by atoms with Crippen molar-refractivity contribution in [2.45, 2.75) is 37.9 Å². The Hall–Kier alpha value is -1.79. The lowest BCUT2D eigenvalue weighted by molar-refractivity contribution is -0.388. The first-order valence-corrected chi connectivity index (χ1v) is 6.97. The molecule has 0 aliphatic heterocycles. The van der Waals surface area contributed by atoms with Gasteiger partial charge in [-0.25, -0.2) is 0 Å². The quantitative estimate of drug-likeness (QED) is 0.672. The molecule has 0 heterocycles. The Morgan fingerprint density at radius 3 is 2.52 bits per heavy atom. The molecule has 2 bridgehead atoms. The van der Waals surface area contributed by atoms with Gasteiger partial charge in [-0.05, 0) is 43.2 Å². The Morgan fingerprint density at radius 2 is 2.00 bits per heavy atom. The number of anilines is 1. The van der Waals surface area contributed by atoms with E-state index in [-0.39, 0.29) is 6.04 Å². The zero-order valence-electron chi connectivity index (χ0n) is 11.2. The van der Waals surface area contributed by atoms with Crippen LogP contribution in [0.3, 0.4) is 0 Å². The van der Waals surface area contributed by atoms with E-state index in [0.717, 1.165) is 31.4 Å². The number of fused-ring (bicyclic) bond motifs is 2. The van der Waals surface area contributed by atoms with Gasteiger partial charge in [0.15, 0.2) is 0 Å². The maximum atomic E-state index is 12.9. The number of nitro benzene ring substituents is 1. The number of rotatable bonds is 3. The van der Waals surface area contributed by atoms with Crippen LogP contribution in [0.5, 0.6) is 0 Å². The molecular formula is C14H15F3N2O2. The summed E-state index contributed by atoms with van der Waals surface area (Å²) in [6.07, 6.45) is -0.299. The average Bonchev–Trinajstić information content (AvgIpc) is 2.99. The minimum Gasteiger partial charge on any atom is -0.382 e. The molecule has 2 aliphatic rings. The molecule has 7 heteroatoms. The van der Waals surface area contributed by atoms with Crippen molar-refractivity contribution < 1.29 is 18.1 Å². The van der Waals surface area contributed by atoms with Crippen LogP contribution in [0.2, 0.25) is 0 Å². The van der Waals surface area contributed by atoms with E-state index in [4.69, 9.17) is 0 Å². The zero-order chi connectivity index (χ0) is 15.2. The van der Waals surface area contributed by atoms with Crippen LogP contribution in [0, 0.1) is 22.0 Å². The molecule has 0 spiro atoms. The average molecular weight is 300 g/mol. The van der Waals surface area contributed by atoms with Crippen molar-refractivity contribution in [3.05, 3.63) is 33.9 Å². The van der Waals surface area contributed by atoms with Crippen LogP contribution in [0.25, 0.3) is 0 Å². The Kier molecular flexibility index (Phi) is 3.30. The van der Waals surface area contributed by atoms with Crippen LogP contribution in [0.15, 0.2) is 18.2 Å². The molecule has 1 aromatic carbocycles. The van der Waals surface area contributed by atoms with E-state index >= 15 is 0 Å². The summed E-state index contributed by atoms with van der Waals surface area (Å²) in [6, 6.07) is 3.33. The third-order valence-electron chi connectivity index (χ3n) is 4.59. The van der Waals surface area contributed by atoms with E-state index in [0.29, 0.717) is 17.5 Å². The molecule has 2 aliphatic carbocycles. The van der Waals surface area contributed by atoms with Crippen molar-refractivity contribution in [3.8, 4) is 0 Å². The second-order valence-corrected chi connectivity index (χ2v) is 5.91. The minimum absolute atomic E-state index is 0.186. The summed E-state index contributed by atoms with van der Waals surface area (Å²) in [5.41, 5.74) is -1.79. The fourth-order valence-electron chi connectivity index (χ4n) is 3.65. The summed E-state index contributed by atoms with van der Waals surface area (Å²) in [7, 11) is 0. The van der Waals surface area contributed by atoms with Crippen LogP contribution in [-0.2, 0) is 6.18 Å². The molecule has 114 valence electrons. The summed E-state index contributed by atoms with van der Waals surface area (Å²) < 4.78 is 38.8. The van der Waals surface area contributed by atoms with E-state index < -0.39 is 22.4 Å². The van der Waals surface area contributed by atoms with Gasteiger partial charge in [0.05, 0.1) is 4.92 Å². The summed E-state index contributed by atoms with van der Waals surface area (Å²) >= 11 is 0. The molecule has 1 aromatic rings. The fourth-order valence-corrected chi connectivity index (χ4v) is 3.65. The fraction of sp³-hybridized carbons (Fsp3) is 0.571. The molecule has 3 unspecified atom stereocenters. The first-order valence-electron chi connectivity index (χ1n) is 6.97. The molecule has 2 fully saturated rings. The Balaban J connectivity index is 1.85. The highest BCUT2D eigenvalue weighted by molar-refractivity contribution is 5.55. The van der Waals surface area contributed by atoms with Gasteiger partial charge in [-0.1, -0.05) is 6.42 Å². The first-order chi connectivity index (χ1) is 9.84. The highest BCUT2D eigenvalue weighted by Crippen LogP contribution is 2.46. The zero-order valence-corrected chi connectivity index (χ0v) is 11.2. The van der Waals surface area contributed by atoms with Crippen LogP contribution in [0.1, 0.15) is 31.2 Å². The number of nitrogens with zero attached hydrogens (tertiary/aromatic N) is 1. The second kappa shape index (κ2) is 4.89. The number of hydrogen-bond acceptors (Lipinski definition) is 3. The number of alkyl halides is 3. The molecule has 0 aromatic heterocycles. The molecule has 0 saturated heterocycles. The Bertz CT molecular complexity index is 574. The molecule has 1 N–H and O–H groups in total. The molecule has 3 rings (SSSR count). The number of nitro groups is 1. The maximum absolute atomic E-state index is 12.9. The third kappa shape index (κ3) is 2.69. The van der Waals surface area contributed by atoms with Gasteiger partial charge in [0.1, 0.15) is 5.56 Å². The first kappa shape index (κ1) is 14.2. The largest absolute Gasteiger partial charge is 0.423 e. The maximum Gasteiger partial charge on any atom is 0.423 e. The van der Waals surface area contributed by atoms with Gasteiger partial charge in [0.2, 0.25) is 0 Å². The predicted octanol–water partition coefficient (Wildman–Crippen LogP) is 4.21. The summed E-state index contributed by atoms with van der Waals surface area (Å²) in [5, 5.41) is 13.8. The van der Waals surface area contributed by atoms with Crippen molar-refractivity contribution in [2.75, 3.05) is 5.32 Å². The van der Waals surface area contributed by atoms with Gasteiger partial charge in [-0.15, -0.1) is 0 Å². The van der Waals surface area contributed by atoms with Gasteiger partial charge < -0.3 is 5.32 Å². The highest BCUT2D eigenvalue weighted by Gasteiger charge is 2.41. The lowest BCUT2D eigenvalue weighted by atomic mass is 9.95. The van der Waals surface area contributed by atoms with E-state index in [1.165, 1.54) is 12.5 Å². The normalized spacial score (nSPS) is 27.9. The topological polar surface area (TPSA) is 55.2 Å². The summed E-state index contributed by atoms with van der Waals surface area (Å²) in [5.74, 6) is 1.19. The smallest absolute Gasteiger partial charge is 0.382 e. The predicted molar refractivity (Wildman–Crippen MR) is 71.0 cm³/mol. The number of nitrogens with one attached hydrogen (secondary N) is 1. The molecule has 21 heavy (non-hydrogen) atoms. The Labute approximate surface area is 119 Å². The molecule has 0 amide bonds. The van der Waals surface area contributed by atoms with Crippen molar-refractivity contribution in [1.82, 2.24) is 0 Å². The molecule has 2 saturated carbocycles. The van der Waals surface area contributed by atoms with E-state index in [1.54, 1.807) is 0 Å². The van der Waals surface area contributed by atoms with Crippen molar-refractivity contribution in [3.63, 3.8) is 0 Å². The van der Waals surface area contributed by atoms with Gasteiger partial charge in [-0.2, -0.15) is 13.2 Å². The summed E-state index contributed by atoms with van der Waals surface area (Å²) in [6.45, 7) is 0. The van der Waals surface area contributed by atoms with Crippen molar-refractivity contribution in [2.24, 2.45) is 11.8 Å². The van der Waals surface area contributed by atoms with Gasteiger partial charge in [0, 0.05) is 17.8 Å². The molecular weight excluding hydrogens is 285 g/mol. The SMILES string of the molecule is O=[N+]([O-])c1ccc(NC2CC3CCC2C3)cc1C(F)(F)F. The molecule has 0 radical (unpaired) electrons. The van der Waals surface area contributed by atoms with E-state index in [2.05, 4.69) is 5.32 Å². The van der Waals surface area contributed by atoms with Crippen molar-refractivity contribution in [1.29, 1.82) is 0 Å². The molecule has 4 nitrogen and oxygen atoms in total. The van der Waals surface area contributed by atoms with Crippen LogP contribution < -0.4 is 5.32 Å². The van der Waals surface area contributed by atoms with Gasteiger partial charge >= 0.3 is 6.18 Å². The minimum atomic E-state index is -4.73. The lowest BCUT2D eigenvalue weighted by Gasteiger charge is -2.24. The highest BCUT2D eigenvalue weighted by atomic mass is 19.4. The lowest BCUT2D eigenvalue weighted by Crippen LogP contribution is -2.26. The van der Waals surface area contributed by atoms with Crippen LogP contribution >= 0.6 is 0 Å². The van der Waals surface area contributed by atoms with E-state index in [1.807, 2.05) is 0 Å². The monoisotopic (exact) mass is 300 g/mol. The standard InChI is InChI=1S/C14H15F3N2O2/c15-14(16,17)11-7-10(3-4-13(11)19(20)21)18-12-6-8-1-2-9(12)5-8/h3-4,7-9,12,18H,1-2,5-6H2. The molecule has 3 atom stereocenters. The number of halogens is 3. The third-order valence-corrected chi connectivity index (χ3v) is 4.59. The second-order valence-electron chi connectivity index (χ2n) is 5.91. The van der Waals surface area contributed by atoms with Gasteiger partial charge in [-0.3, -0.25) is 10.1 Å². The van der Waals surface area contributed by atoms with Crippen LogP contribution in [-0.4, -0.2) is 11.0 Å². The van der Waals surface area contributed by atoms with Gasteiger partial charge in [0.25, 0.3) is 5.69 Å². The van der Waals surface area contributed by atoms with E-state index in [9.17, 15) is 23.3 Å². The number of hydrogen-bond donors (Lipinski definition) is 1. The van der Waals surface area contributed by atoms with Crippen molar-refractivity contribution >= 4 is 11.4 Å². The summed E-state index contributed by atoms with van der Waals surface area (Å²) in [4.78, 5) is 9.72. The van der Waals surface area contributed by atoms with Crippen LogP contribution in [0.4, 0.5) is 24.5 Å².